The number of alkyl carbamates (subject to hydrolysis) is 1. The number of H-pyrrole nitrogens is 2. The van der Waals surface area contributed by atoms with Gasteiger partial charge in [-0.3, -0.25) is 9.59 Å². The highest BCUT2D eigenvalue weighted by Gasteiger charge is 2.37. The zero-order valence-corrected chi connectivity index (χ0v) is 30.6. The molecule has 3 N–H and O–H groups in total. The molecular formula is C42H45N7O4. The molecule has 5 aromatic rings. The molecule has 0 radical (unpaired) electrons. The summed E-state index contributed by atoms with van der Waals surface area (Å²) in [6, 6.07) is 22.0. The summed E-state index contributed by atoms with van der Waals surface area (Å²) < 4.78 is 4.82. The van der Waals surface area contributed by atoms with Gasteiger partial charge in [-0.15, -0.1) is 0 Å². The van der Waals surface area contributed by atoms with E-state index in [-0.39, 0.29) is 29.8 Å². The van der Waals surface area contributed by atoms with E-state index in [0.29, 0.717) is 23.9 Å². The maximum Gasteiger partial charge on any atom is 0.407 e. The molecule has 272 valence electrons. The maximum atomic E-state index is 13.8. The average Bonchev–Trinajstić information content (AvgIpc) is 4.01. The van der Waals surface area contributed by atoms with E-state index in [4.69, 9.17) is 9.72 Å². The van der Waals surface area contributed by atoms with E-state index < -0.39 is 12.1 Å². The van der Waals surface area contributed by atoms with Crippen LogP contribution in [0.2, 0.25) is 0 Å². The molecule has 2 fully saturated rings. The lowest BCUT2D eigenvalue weighted by molar-refractivity contribution is -0.137. The van der Waals surface area contributed by atoms with Gasteiger partial charge in [-0.1, -0.05) is 75.1 Å². The van der Waals surface area contributed by atoms with Crippen LogP contribution >= 0.6 is 0 Å². The Bertz CT molecular complexity index is 2160. The van der Waals surface area contributed by atoms with Crippen molar-refractivity contribution in [3.05, 3.63) is 107 Å². The van der Waals surface area contributed by atoms with Gasteiger partial charge in [0.1, 0.15) is 17.7 Å². The van der Waals surface area contributed by atoms with E-state index >= 15 is 0 Å². The van der Waals surface area contributed by atoms with Crippen LogP contribution in [-0.4, -0.2) is 67.8 Å². The summed E-state index contributed by atoms with van der Waals surface area (Å²) in [5.74, 6) is 8.36. The van der Waals surface area contributed by atoms with Gasteiger partial charge in [0.25, 0.3) is 5.91 Å². The SMILES string of the molecule is COC(=O)N[C@H](C(=O)N1CCC[C@H]1c1ncc(-c2ccc(C#Cc3ccc4nc([C@@H]5CCCN5C(=O)[C@@H](C)C(C)C)[nH]c4c3)cc2)[nH]1)c1ccccc1. The average molecular weight is 712 g/mol. The zero-order valence-electron chi connectivity index (χ0n) is 30.6. The van der Waals surface area contributed by atoms with Crippen LogP contribution in [0.4, 0.5) is 4.79 Å². The predicted molar refractivity (Wildman–Crippen MR) is 202 cm³/mol. The molecule has 2 aromatic heterocycles. The Labute approximate surface area is 309 Å². The molecule has 0 aliphatic carbocycles. The van der Waals surface area contributed by atoms with Crippen molar-refractivity contribution in [1.82, 2.24) is 35.1 Å². The third kappa shape index (κ3) is 7.54. The maximum absolute atomic E-state index is 13.8. The quantitative estimate of drug-likeness (QED) is 0.147. The highest BCUT2D eigenvalue weighted by molar-refractivity contribution is 5.87. The zero-order chi connectivity index (χ0) is 37.1. The molecule has 2 aliphatic rings. The van der Waals surface area contributed by atoms with Crippen molar-refractivity contribution in [3.8, 4) is 23.1 Å². The summed E-state index contributed by atoms with van der Waals surface area (Å²) in [5.41, 5.74) is 5.99. The largest absolute Gasteiger partial charge is 0.453 e. The number of fused-ring (bicyclic) bond motifs is 1. The second-order valence-corrected chi connectivity index (χ2v) is 14.3. The summed E-state index contributed by atoms with van der Waals surface area (Å²) in [5, 5.41) is 2.71. The molecule has 0 bridgehead atoms. The Kier molecular flexibility index (Phi) is 10.3. The highest BCUT2D eigenvalue weighted by atomic mass is 16.5. The fourth-order valence-corrected chi connectivity index (χ4v) is 7.25. The lowest BCUT2D eigenvalue weighted by Crippen LogP contribution is -2.42. The number of carbonyl (C=O) groups is 3. The van der Waals surface area contributed by atoms with Gasteiger partial charge in [0.15, 0.2) is 0 Å². The second kappa shape index (κ2) is 15.4. The molecule has 2 saturated heterocycles. The van der Waals surface area contributed by atoms with E-state index in [1.54, 1.807) is 11.1 Å². The van der Waals surface area contributed by atoms with Crippen LogP contribution in [0.1, 0.15) is 92.9 Å². The Morgan fingerprint density at radius 3 is 2.19 bits per heavy atom. The molecule has 7 rings (SSSR count). The first-order valence-corrected chi connectivity index (χ1v) is 18.4. The van der Waals surface area contributed by atoms with Crippen LogP contribution < -0.4 is 5.32 Å². The number of nitrogens with one attached hydrogen (secondary N) is 3. The minimum atomic E-state index is -0.871. The van der Waals surface area contributed by atoms with Gasteiger partial charge < -0.3 is 29.8 Å². The fraction of sp³-hybridized carbons (Fsp3) is 0.357. The van der Waals surface area contributed by atoms with Gasteiger partial charge in [-0.25, -0.2) is 14.8 Å². The molecule has 3 amide bonds. The van der Waals surface area contributed by atoms with E-state index in [1.165, 1.54) is 7.11 Å². The van der Waals surface area contributed by atoms with Crippen molar-refractivity contribution < 1.29 is 19.1 Å². The van der Waals surface area contributed by atoms with Crippen LogP contribution in [0.25, 0.3) is 22.3 Å². The second-order valence-electron chi connectivity index (χ2n) is 14.3. The number of carbonyl (C=O) groups excluding carboxylic acids is 3. The number of hydrogen-bond acceptors (Lipinski definition) is 6. The minimum Gasteiger partial charge on any atom is -0.453 e. The number of amides is 3. The third-order valence-electron chi connectivity index (χ3n) is 10.6. The monoisotopic (exact) mass is 711 g/mol. The molecule has 4 heterocycles. The van der Waals surface area contributed by atoms with Gasteiger partial charge in [0.2, 0.25) is 5.91 Å². The lowest BCUT2D eigenvalue weighted by Gasteiger charge is -2.28. The molecule has 11 heteroatoms. The number of likely N-dealkylation sites (tertiary alicyclic amines) is 2. The van der Waals surface area contributed by atoms with Gasteiger partial charge in [0.05, 0.1) is 42.1 Å². The third-order valence-corrected chi connectivity index (χ3v) is 10.6. The first-order valence-electron chi connectivity index (χ1n) is 18.4. The molecule has 3 aromatic carbocycles. The molecule has 0 unspecified atom stereocenters. The standard InChI is InChI=1S/C42H45N7O4/c1-26(2)27(3)40(50)48-22-9-13-36(48)39-44-32-21-18-29(24-33(32)45-39)15-14-28-16-19-30(20-17-28)34-25-43-38(46-34)35-12-8-23-49(35)41(51)37(47-42(52)53-4)31-10-6-5-7-11-31/h5-7,10-11,16-21,24-27,35-37H,8-9,12-13,22-23H2,1-4H3,(H,43,46)(H,44,45)(H,47,52)/t27-,35-,36-,37-/m0/s1. The van der Waals surface area contributed by atoms with Crippen LogP contribution in [0.5, 0.6) is 0 Å². The first kappa shape index (κ1) is 35.5. The Balaban J connectivity index is 1.03. The predicted octanol–water partition coefficient (Wildman–Crippen LogP) is 7.07. The summed E-state index contributed by atoms with van der Waals surface area (Å²) in [7, 11) is 1.28. The fourth-order valence-electron chi connectivity index (χ4n) is 7.25. The number of aromatic nitrogens is 4. The van der Waals surface area contributed by atoms with Gasteiger partial charge in [-0.2, -0.15) is 0 Å². The Hall–Kier alpha value is -5.89. The summed E-state index contributed by atoms with van der Waals surface area (Å²) in [6.45, 7) is 7.52. The molecule has 11 nitrogen and oxygen atoms in total. The molecule has 4 atom stereocenters. The number of aromatic amines is 2. The van der Waals surface area contributed by atoms with E-state index in [2.05, 4.69) is 46.0 Å². The number of ether oxygens (including phenoxy) is 1. The number of imidazole rings is 2. The lowest BCUT2D eigenvalue weighted by atomic mass is 9.96. The number of hydrogen-bond donors (Lipinski definition) is 3. The smallest absolute Gasteiger partial charge is 0.407 e. The first-order chi connectivity index (χ1) is 25.7. The van der Waals surface area contributed by atoms with Crippen molar-refractivity contribution >= 4 is 28.9 Å². The summed E-state index contributed by atoms with van der Waals surface area (Å²) in [4.78, 5) is 59.4. The van der Waals surface area contributed by atoms with Crippen LogP contribution in [0, 0.1) is 23.7 Å². The molecule has 0 spiro atoms. The van der Waals surface area contributed by atoms with Gasteiger partial charge >= 0.3 is 6.09 Å². The summed E-state index contributed by atoms with van der Waals surface area (Å²) >= 11 is 0. The van der Waals surface area contributed by atoms with Gasteiger partial charge in [-0.05, 0) is 73.1 Å². The molecule has 53 heavy (non-hydrogen) atoms. The van der Waals surface area contributed by atoms with Crippen molar-refractivity contribution in [2.75, 3.05) is 20.2 Å². The van der Waals surface area contributed by atoms with Crippen LogP contribution in [0.3, 0.4) is 0 Å². The van der Waals surface area contributed by atoms with Gasteiger partial charge in [0, 0.05) is 30.1 Å². The highest BCUT2D eigenvalue weighted by Crippen LogP contribution is 2.35. The number of rotatable bonds is 8. The Morgan fingerprint density at radius 1 is 0.830 bits per heavy atom. The van der Waals surface area contributed by atoms with Crippen molar-refractivity contribution in [2.45, 2.75) is 64.6 Å². The molecule has 2 aliphatic heterocycles. The number of methoxy groups -OCH3 is 1. The van der Waals surface area contributed by atoms with Crippen molar-refractivity contribution in [1.29, 1.82) is 0 Å². The van der Waals surface area contributed by atoms with E-state index in [0.717, 1.165) is 71.5 Å². The molecule has 0 saturated carbocycles. The van der Waals surface area contributed by atoms with Crippen LogP contribution in [0.15, 0.2) is 79.0 Å². The van der Waals surface area contributed by atoms with Crippen molar-refractivity contribution in [3.63, 3.8) is 0 Å². The number of nitrogens with zero attached hydrogens (tertiary/aromatic N) is 4. The summed E-state index contributed by atoms with van der Waals surface area (Å²) in [6.07, 6.45) is 4.59. The molecular weight excluding hydrogens is 667 g/mol. The Morgan fingerprint density at radius 2 is 1.49 bits per heavy atom. The minimum absolute atomic E-state index is 0.0224. The van der Waals surface area contributed by atoms with Crippen LogP contribution in [-0.2, 0) is 14.3 Å². The van der Waals surface area contributed by atoms with E-state index in [1.807, 2.05) is 84.6 Å². The number of benzene rings is 3. The normalized spacial score (nSPS) is 18.1. The van der Waals surface area contributed by atoms with E-state index in [9.17, 15) is 14.4 Å². The van der Waals surface area contributed by atoms with Crippen molar-refractivity contribution in [2.24, 2.45) is 11.8 Å². The topological polar surface area (TPSA) is 136 Å².